The average Bonchev–Trinajstić information content (AvgIpc) is 2.18. The Kier molecular flexibility index (Phi) is 4.05. The number of nitrogens with zero attached hydrogens (tertiary/aromatic N) is 1. The topological polar surface area (TPSA) is 54.4 Å². The van der Waals surface area contributed by atoms with Crippen LogP contribution < -0.4 is 10.1 Å². The lowest BCUT2D eigenvalue weighted by molar-refractivity contribution is -0.171. The Morgan fingerprint density at radius 3 is 2.73 bits per heavy atom. The molecule has 1 atom stereocenters. The zero-order chi connectivity index (χ0) is 11.3. The van der Waals surface area contributed by atoms with Crippen LogP contribution in [0.1, 0.15) is 27.2 Å². The van der Waals surface area contributed by atoms with Crippen LogP contribution in [-0.4, -0.2) is 22.0 Å². The average molecular weight is 210 g/mol. The van der Waals surface area contributed by atoms with Gasteiger partial charge in [0.25, 0.3) is 5.91 Å². The Bertz CT molecular complexity index is 290. The maximum Gasteiger partial charge on any atom is 0.269 e. The van der Waals surface area contributed by atoms with Gasteiger partial charge in [-0.05, 0) is 19.9 Å². The summed E-state index contributed by atoms with van der Waals surface area (Å²) in [4.78, 5) is 4.00. The first-order valence-corrected chi connectivity index (χ1v) is 5.16. The van der Waals surface area contributed by atoms with Gasteiger partial charge >= 0.3 is 0 Å². The third kappa shape index (κ3) is 3.85. The van der Waals surface area contributed by atoms with E-state index >= 15 is 0 Å². The molecule has 1 rings (SSSR count). The fraction of sp³-hybridized carbons (Fsp3) is 0.545. The zero-order valence-electron chi connectivity index (χ0n) is 9.40. The first kappa shape index (κ1) is 11.9. The van der Waals surface area contributed by atoms with Crippen molar-refractivity contribution in [1.29, 1.82) is 0 Å². The van der Waals surface area contributed by atoms with E-state index in [-0.39, 0.29) is 6.04 Å². The van der Waals surface area contributed by atoms with Gasteiger partial charge in [-0.25, -0.2) is 4.98 Å². The number of rotatable bonds is 5. The van der Waals surface area contributed by atoms with E-state index < -0.39 is 5.91 Å². The van der Waals surface area contributed by atoms with E-state index in [1.165, 1.54) is 0 Å². The quantitative estimate of drug-likeness (QED) is 0.723. The molecule has 0 saturated heterocycles. The van der Waals surface area contributed by atoms with Gasteiger partial charge in [0.1, 0.15) is 0 Å². The van der Waals surface area contributed by atoms with E-state index in [9.17, 15) is 5.11 Å². The molecule has 0 spiro atoms. The molecule has 0 aliphatic rings. The van der Waals surface area contributed by atoms with Crippen LogP contribution >= 0.6 is 0 Å². The van der Waals surface area contributed by atoms with Crippen molar-refractivity contribution in [3.63, 3.8) is 0 Å². The first-order chi connectivity index (χ1) is 7.06. The lowest BCUT2D eigenvalue weighted by Crippen LogP contribution is -2.52. The molecule has 0 aliphatic carbocycles. The van der Waals surface area contributed by atoms with E-state index in [4.69, 9.17) is 4.74 Å². The molecule has 4 nitrogen and oxygen atoms in total. The van der Waals surface area contributed by atoms with Gasteiger partial charge in [-0.1, -0.05) is 13.0 Å². The molecule has 1 aromatic rings. The predicted molar refractivity (Wildman–Crippen MR) is 58.4 cm³/mol. The monoisotopic (exact) mass is 210 g/mol. The fourth-order valence-corrected chi connectivity index (χ4v) is 1.24. The molecule has 0 bridgehead atoms. The van der Waals surface area contributed by atoms with Crippen LogP contribution in [0.4, 0.5) is 0 Å². The summed E-state index contributed by atoms with van der Waals surface area (Å²) in [6.07, 6.45) is 2.07. The van der Waals surface area contributed by atoms with Crippen molar-refractivity contribution in [3.05, 3.63) is 24.4 Å². The second-order valence-corrected chi connectivity index (χ2v) is 3.71. The summed E-state index contributed by atoms with van der Waals surface area (Å²) in [5.41, 5.74) is 0. The van der Waals surface area contributed by atoms with Crippen LogP contribution in [0.5, 0.6) is 5.88 Å². The number of hydrogen-bond donors (Lipinski definition) is 2. The van der Waals surface area contributed by atoms with Crippen LogP contribution in [-0.2, 0) is 0 Å². The minimum Gasteiger partial charge on any atom is -0.432 e. The molecule has 0 radical (unpaired) electrons. The molecule has 1 heterocycles. The highest BCUT2D eigenvalue weighted by atomic mass is 16.6. The number of aromatic nitrogens is 1. The zero-order valence-corrected chi connectivity index (χ0v) is 9.40. The molecule has 0 amide bonds. The van der Waals surface area contributed by atoms with Crippen molar-refractivity contribution in [2.24, 2.45) is 0 Å². The van der Waals surface area contributed by atoms with Crippen molar-refractivity contribution in [3.8, 4) is 5.88 Å². The molecule has 1 aromatic heterocycles. The van der Waals surface area contributed by atoms with Crippen molar-refractivity contribution in [2.75, 3.05) is 0 Å². The van der Waals surface area contributed by atoms with Gasteiger partial charge in [0.2, 0.25) is 5.88 Å². The highest BCUT2D eigenvalue weighted by Gasteiger charge is 2.27. The number of pyridine rings is 1. The normalized spacial score (nSPS) is 15.0. The van der Waals surface area contributed by atoms with Crippen LogP contribution in [0.25, 0.3) is 0 Å². The highest BCUT2D eigenvalue weighted by molar-refractivity contribution is 5.10. The maximum atomic E-state index is 10.1. The van der Waals surface area contributed by atoms with Gasteiger partial charge < -0.3 is 9.84 Å². The van der Waals surface area contributed by atoms with Gasteiger partial charge in [-0.2, -0.15) is 0 Å². The van der Waals surface area contributed by atoms with Crippen LogP contribution in [0, 0.1) is 0 Å². The van der Waals surface area contributed by atoms with E-state index in [1.807, 2.05) is 26.8 Å². The summed E-state index contributed by atoms with van der Waals surface area (Å²) in [7, 11) is 0. The second-order valence-electron chi connectivity index (χ2n) is 3.71. The lowest BCUT2D eigenvalue weighted by Gasteiger charge is -2.29. The molecule has 0 aromatic carbocycles. The summed E-state index contributed by atoms with van der Waals surface area (Å²) in [5.74, 6) is -0.933. The first-order valence-electron chi connectivity index (χ1n) is 5.16. The Balaban J connectivity index is 2.68. The third-order valence-corrected chi connectivity index (χ3v) is 1.90. The molecule has 4 heteroatoms. The summed E-state index contributed by atoms with van der Waals surface area (Å²) in [6, 6.07) is 5.46. The largest absolute Gasteiger partial charge is 0.432 e. The smallest absolute Gasteiger partial charge is 0.269 e. The fourth-order valence-electron chi connectivity index (χ4n) is 1.24. The summed E-state index contributed by atoms with van der Waals surface area (Å²) < 4.78 is 5.40. The van der Waals surface area contributed by atoms with E-state index in [0.717, 1.165) is 0 Å². The highest BCUT2D eigenvalue weighted by Crippen LogP contribution is 2.14. The number of hydrogen-bond acceptors (Lipinski definition) is 4. The van der Waals surface area contributed by atoms with Crippen molar-refractivity contribution in [1.82, 2.24) is 10.3 Å². The Labute approximate surface area is 90.3 Å². The van der Waals surface area contributed by atoms with E-state index in [2.05, 4.69) is 10.3 Å². The molecule has 2 N–H and O–H groups in total. The molecule has 0 fully saturated rings. The van der Waals surface area contributed by atoms with Crippen molar-refractivity contribution < 1.29 is 9.84 Å². The minimum atomic E-state index is -1.34. The number of aliphatic hydroxyl groups is 1. The standard InChI is InChI=1S/C11H18N2O2/c1-4-11(14,13-9(2)3)15-10-7-5-6-8-12-10/h5-9,13-14H,4H2,1-3H3. The second kappa shape index (κ2) is 5.09. The Morgan fingerprint density at radius 1 is 1.53 bits per heavy atom. The molecule has 84 valence electrons. The van der Waals surface area contributed by atoms with E-state index in [1.54, 1.807) is 18.3 Å². The van der Waals surface area contributed by atoms with Crippen LogP contribution in [0.3, 0.4) is 0 Å². The number of nitrogens with one attached hydrogen (secondary N) is 1. The third-order valence-electron chi connectivity index (χ3n) is 1.90. The molecular weight excluding hydrogens is 192 g/mol. The number of ether oxygens (including phenoxy) is 1. The molecular formula is C11H18N2O2. The van der Waals surface area contributed by atoms with Gasteiger partial charge in [-0.15, -0.1) is 0 Å². The predicted octanol–water partition coefficient (Wildman–Crippen LogP) is 1.51. The van der Waals surface area contributed by atoms with Gasteiger partial charge in [0.05, 0.1) is 0 Å². The van der Waals surface area contributed by atoms with Gasteiger partial charge in [0.15, 0.2) is 0 Å². The molecule has 0 saturated carbocycles. The lowest BCUT2D eigenvalue weighted by atomic mass is 10.3. The molecule has 1 unspecified atom stereocenters. The van der Waals surface area contributed by atoms with Crippen LogP contribution in [0.2, 0.25) is 0 Å². The van der Waals surface area contributed by atoms with Gasteiger partial charge in [0, 0.05) is 24.7 Å². The van der Waals surface area contributed by atoms with Crippen molar-refractivity contribution in [2.45, 2.75) is 39.1 Å². The van der Waals surface area contributed by atoms with Crippen LogP contribution in [0.15, 0.2) is 24.4 Å². The Morgan fingerprint density at radius 2 is 2.27 bits per heavy atom. The Hall–Kier alpha value is -1.13. The minimum absolute atomic E-state index is 0.138. The summed E-state index contributed by atoms with van der Waals surface area (Å²) in [5, 5.41) is 13.0. The SMILES string of the molecule is CCC(O)(NC(C)C)Oc1ccccn1. The maximum absolute atomic E-state index is 10.1. The summed E-state index contributed by atoms with van der Waals surface area (Å²) >= 11 is 0. The molecule has 15 heavy (non-hydrogen) atoms. The molecule has 0 aliphatic heterocycles. The van der Waals surface area contributed by atoms with E-state index in [0.29, 0.717) is 12.3 Å². The summed E-state index contributed by atoms with van der Waals surface area (Å²) in [6.45, 7) is 5.74. The van der Waals surface area contributed by atoms with Gasteiger partial charge in [-0.3, -0.25) is 5.32 Å². The van der Waals surface area contributed by atoms with Crippen molar-refractivity contribution >= 4 is 0 Å².